The predicted molar refractivity (Wildman–Crippen MR) is 81.5 cm³/mol. The third-order valence-electron chi connectivity index (χ3n) is 3.65. The van der Waals surface area contributed by atoms with E-state index in [-0.39, 0.29) is 18.3 Å². The minimum Gasteiger partial charge on any atom is -0.497 e. The fourth-order valence-electron chi connectivity index (χ4n) is 2.52. The molecule has 120 valence electrons. The summed E-state index contributed by atoms with van der Waals surface area (Å²) in [5.74, 6) is 0.334. The average Bonchev–Trinajstić information content (AvgIpc) is 2.52. The van der Waals surface area contributed by atoms with Crippen LogP contribution in [0.3, 0.4) is 0 Å². The van der Waals surface area contributed by atoms with Gasteiger partial charge in [0.2, 0.25) is 5.91 Å². The molecule has 6 nitrogen and oxygen atoms in total. The van der Waals surface area contributed by atoms with Gasteiger partial charge in [-0.25, -0.2) is 0 Å². The molecular formula is C16H22N2O4. The first-order chi connectivity index (χ1) is 10.6. The van der Waals surface area contributed by atoms with Gasteiger partial charge >= 0.3 is 5.97 Å². The van der Waals surface area contributed by atoms with Crippen LogP contribution in [-0.2, 0) is 20.9 Å². The Bertz CT molecular complexity index is 515. The quantitative estimate of drug-likeness (QED) is 0.793. The summed E-state index contributed by atoms with van der Waals surface area (Å²) in [6.45, 7) is 4.00. The fraction of sp³-hybridized carbons (Fsp3) is 0.500. The Hall–Kier alpha value is -2.08. The van der Waals surface area contributed by atoms with Crippen molar-refractivity contribution in [2.75, 3.05) is 26.8 Å². The molecule has 0 aliphatic carbocycles. The molecule has 6 heteroatoms. The van der Waals surface area contributed by atoms with Gasteiger partial charge in [-0.2, -0.15) is 0 Å². The number of hydrogen-bond acceptors (Lipinski definition) is 5. The van der Waals surface area contributed by atoms with E-state index in [4.69, 9.17) is 9.47 Å². The first-order valence-corrected chi connectivity index (χ1v) is 7.44. The number of nitrogens with one attached hydrogen (secondary N) is 1. The number of carbonyl (C=O) groups excluding carboxylic acids is 2. The summed E-state index contributed by atoms with van der Waals surface area (Å²) < 4.78 is 10.1. The number of nitrogens with zero attached hydrogens (tertiary/aromatic N) is 1. The van der Waals surface area contributed by atoms with Gasteiger partial charge in [-0.15, -0.1) is 0 Å². The van der Waals surface area contributed by atoms with Crippen LogP contribution in [0.2, 0.25) is 0 Å². The summed E-state index contributed by atoms with van der Waals surface area (Å²) in [6, 6.07) is 7.23. The topological polar surface area (TPSA) is 67.9 Å². The Morgan fingerprint density at radius 2 is 2.09 bits per heavy atom. The zero-order valence-corrected chi connectivity index (χ0v) is 13.0. The lowest BCUT2D eigenvalue weighted by Crippen LogP contribution is -2.55. The Labute approximate surface area is 130 Å². The molecule has 1 fully saturated rings. The first-order valence-electron chi connectivity index (χ1n) is 7.44. The van der Waals surface area contributed by atoms with Crippen molar-refractivity contribution in [3.63, 3.8) is 0 Å². The monoisotopic (exact) mass is 306 g/mol. The minimum absolute atomic E-state index is 0.0792. The maximum Gasteiger partial charge on any atom is 0.307 e. The molecule has 1 heterocycles. The first kappa shape index (κ1) is 16.3. The highest BCUT2D eigenvalue weighted by Crippen LogP contribution is 2.17. The van der Waals surface area contributed by atoms with Gasteiger partial charge in [-0.05, 0) is 24.6 Å². The highest BCUT2D eigenvalue weighted by molar-refractivity contribution is 5.87. The third kappa shape index (κ3) is 4.21. The van der Waals surface area contributed by atoms with Crippen molar-refractivity contribution in [2.24, 2.45) is 0 Å². The van der Waals surface area contributed by atoms with E-state index in [0.29, 0.717) is 26.2 Å². The van der Waals surface area contributed by atoms with Gasteiger partial charge in [-0.1, -0.05) is 12.1 Å². The molecule has 1 atom stereocenters. The van der Waals surface area contributed by atoms with Crippen molar-refractivity contribution < 1.29 is 19.1 Å². The van der Waals surface area contributed by atoms with Gasteiger partial charge in [-0.3, -0.25) is 14.5 Å². The molecule has 0 saturated carbocycles. The van der Waals surface area contributed by atoms with Crippen LogP contribution < -0.4 is 10.1 Å². The summed E-state index contributed by atoms with van der Waals surface area (Å²) in [5.41, 5.74) is 1.07. The van der Waals surface area contributed by atoms with Gasteiger partial charge in [0.25, 0.3) is 0 Å². The van der Waals surface area contributed by atoms with E-state index in [1.165, 1.54) is 0 Å². The van der Waals surface area contributed by atoms with Crippen molar-refractivity contribution in [1.82, 2.24) is 10.2 Å². The Morgan fingerprint density at radius 3 is 2.73 bits per heavy atom. The van der Waals surface area contributed by atoms with Crippen LogP contribution in [-0.4, -0.2) is 49.6 Å². The Morgan fingerprint density at radius 1 is 1.36 bits per heavy atom. The van der Waals surface area contributed by atoms with E-state index in [1.807, 2.05) is 29.2 Å². The van der Waals surface area contributed by atoms with Gasteiger partial charge < -0.3 is 14.8 Å². The van der Waals surface area contributed by atoms with Crippen molar-refractivity contribution in [3.8, 4) is 5.75 Å². The van der Waals surface area contributed by atoms with Crippen LogP contribution in [0.4, 0.5) is 0 Å². The summed E-state index contributed by atoms with van der Waals surface area (Å²) in [4.78, 5) is 25.8. The Kier molecular flexibility index (Phi) is 5.77. The second-order valence-electron chi connectivity index (χ2n) is 5.13. The fourth-order valence-corrected chi connectivity index (χ4v) is 2.52. The second-order valence-corrected chi connectivity index (χ2v) is 5.13. The van der Waals surface area contributed by atoms with Crippen molar-refractivity contribution in [2.45, 2.75) is 25.9 Å². The molecule has 1 aliphatic rings. The molecular weight excluding hydrogens is 284 g/mol. The minimum atomic E-state index is -0.477. The van der Waals surface area contributed by atoms with Crippen molar-refractivity contribution >= 4 is 11.9 Å². The van der Waals surface area contributed by atoms with E-state index < -0.39 is 6.04 Å². The molecule has 22 heavy (non-hydrogen) atoms. The summed E-state index contributed by atoms with van der Waals surface area (Å²) in [5, 5.41) is 2.81. The number of amides is 1. The largest absolute Gasteiger partial charge is 0.497 e. The molecule has 1 aromatic carbocycles. The van der Waals surface area contributed by atoms with Crippen LogP contribution in [0, 0.1) is 0 Å². The van der Waals surface area contributed by atoms with Crippen LogP contribution in [0.15, 0.2) is 24.3 Å². The number of ether oxygens (including phenoxy) is 2. The number of esters is 1. The maximum absolute atomic E-state index is 12.1. The van der Waals surface area contributed by atoms with E-state index in [1.54, 1.807) is 14.0 Å². The van der Waals surface area contributed by atoms with Crippen LogP contribution in [0.1, 0.15) is 18.9 Å². The molecule has 0 aromatic heterocycles. The highest BCUT2D eigenvalue weighted by atomic mass is 16.5. The van der Waals surface area contributed by atoms with E-state index in [2.05, 4.69) is 5.32 Å². The van der Waals surface area contributed by atoms with Crippen LogP contribution >= 0.6 is 0 Å². The third-order valence-corrected chi connectivity index (χ3v) is 3.65. The molecule has 0 spiro atoms. The van der Waals surface area contributed by atoms with Gasteiger partial charge in [0.1, 0.15) is 11.8 Å². The smallest absolute Gasteiger partial charge is 0.307 e. The molecule has 0 radical (unpaired) electrons. The average molecular weight is 306 g/mol. The molecule has 2 rings (SSSR count). The summed E-state index contributed by atoms with van der Waals surface area (Å²) >= 11 is 0. The van der Waals surface area contributed by atoms with Crippen LogP contribution in [0.25, 0.3) is 0 Å². The zero-order chi connectivity index (χ0) is 15.9. The van der Waals surface area contributed by atoms with Gasteiger partial charge in [0, 0.05) is 19.6 Å². The lowest BCUT2D eigenvalue weighted by Gasteiger charge is -2.34. The lowest BCUT2D eigenvalue weighted by atomic mass is 10.1. The predicted octanol–water partition coefficient (Wildman–Crippen LogP) is 0.949. The van der Waals surface area contributed by atoms with Gasteiger partial charge in [0.15, 0.2) is 0 Å². The molecule has 1 amide bonds. The molecule has 1 N–H and O–H groups in total. The molecule has 1 unspecified atom stereocenters. The van der Waals surface area contributed by atoms with E-state index >= 15 is 0 Å². The number of methoxy groups -OCH3 is 1. The second kappa shape index (κ2) is 7.79. The van der Waals surface area contributed by atoms with E-state index in [9.17, 15) is 9.59 Å². The number of carbonyl (C=O) groups is 2. The molecule has 1 aliphatic heterocycles. The summed E-state index contributed by atoms with van der Waals surface area (Å²) in [7, 11) is 1.62. The number of rotatable bonds is 6. The SMILES string of the molecule is CCOC(=O)CC1C(=O)NCCN1Cc1ccc(OC)cc1. The zero-order valence-electron chi connectivity index (χ0n) is 13.0. The maximum atomic E-state index is 12.1. The Balaban J connectivity index is 2.04. The molecule has 0 bridgehead atoms. The van der Waals surface area contributed by atoms with Crippen molar-refractivity contribution in [1.29, 1.82) is 0 Å². The molecule has 1 saturated heterocycles. The van der Waals surface area contributed by atoms with Crippen molar-refractivity contribution in [3.05, 3.63) is 29.8 Å². The van der Waals surface area contributed by atoms with Gasteiger partial charge in [0.05, 0.1) is 20.1 Å². The summed E-state index contributed by atoms with van der Waals surface area (Å²) in [6.07, 6.45) is 0.0792. The molecule has 1 aromatic rings. The lowest BCUT2D eigenvalue weighted by molar-refractivity contribution is -0.148. The highest BCUT2D eigenvalue weighted by Gasteiger charge is 2.31. The normalized spacial score (nSPS) is 18.6. The van der Waals surface area contributed by atoms with E-state index in [0.717, 1.165) is 11.3 Å². The standard InChI is InChI=1S/C16H22N2O4/c1-3-22-15(19)10-14-16(20)17-8-9-18(14)11-12-4-6-13(21-2)7-5-12/h4-7,14H,3,8-11H2,1-2H3,(H,17,20). The number of piperazine rings is 1. The van der Waals surface area contributed by atoms with Crippen LogP contribution in [0.5, 0.6) is 5.75 Å². The number of benzene rings is 1. The number of hydrogen-bond donors (Lipinski definition) is 1.